The summed E-state index contributed by atoms with van der Waals surface area (Å²) in [5.41, 5.74) is 1.80. The van der Waals surface area contributed by atoms with Gasteiger partial charge in [0.15, 0.2) is 0 Å². The molecule has 0 saturated carbocycles. The summed E-state index contributed by atoms with van der Waals surface area (Å²) >= 11 is 0. The fraction of sp³-hybridized carbons (Fsp3) is 0. The molecular formula is C15H13NO2. The van der Waals surface area contributed by atoms with E-state index in [1.807, 2.05) is 36.4 Å². The van der Waals surface area contributed by atoms with E-state index in [0.29, 0.717) is 11.3 Å². The first kappa shape index (κ1) is 11.9. The number of hydrogen-bond acceptors (Lipinski definition) is 3. The van der Waals surface area contributed by atoms with Gasteiger partial charge in [-0.05, 0) is 23.8 Å². The molecule has 0 saturated heterocycles. The summed E-state index contributed by atoms with van der Waals surface area (Å²) in [6.45, 7) is 0. The lowest BCUT2D eigenvalue weighted by Crippen LogP contribution is -1.96. The Morgan fingerprint density at radius 3 is 2.28 bits per heavy atom. The first-order valence-electron chi connectivity index (χ1n) is 5.55. The smallest absolute Gasteiger partial charge is 0.125 e. The van der Waals surface area contributed by atoms with E-state index < -0.39 is 0 Å². The molecule has 3 heteroatoms. The van der Waals surface area contributed by atoms with Crippen molar-refractivity contribution in [3.05, 3.63) is 71.8 Å². The van der Waals surface area contributed by atoms with Crippen molar-refractivity contribution in [2.75, 3.05) is 0 Å². The average Bonchev–Trinajstić information content (AvgIpc) is 2.42. The molecule has 0 aliphatic rings. The Kier molecular flexibility index (Phi) is 3.76. The number of oxime groups is 1. The van der Waals surface area contributed by atoms with E-state index in [0.717, 1.165) is 5.56 Å². The molecule has 0 bridgehead atoms. The van der Waals surface area contributed by atoms with Gasteiger partial charge in [0, 0.05) is 5.56 Å². The number of para-hydroxylation sites is 1. The van der Waals surface area contributed by atoms with Gasteiger partial charge in [0.1, 0.15) is 11.5 Å². The van der Waals surface area contributed by atoms with Crippen molar-refractivity contribution in [2.45, 2.75) is 0 Å². The lowest BCUT2D eigenvalue weighted by atomic mass is 10.1. The highest BCUT2D eigenvalue weighted by Crippen LogP contribution is 2.17. The summed E-state index contributed by atoms with van der Waals surface area (Å²) in [6, 6.07) is 16.4. The maximum Gasteiger partial charge on any atom is 0.125 e. The maximum atomic E-state index is 9.68. The zero-order valence-corrected chi connectivity index (χ0v) is 9.69. The first-order valence-corrected chi connectivity index (χ1v) is 5.55. The monoisotopic (exact) mass is 239 g/mol. The fourth-order valence-electron chi connectivity index (χ4n) is 1.61. The highest BCUT2D eigenvalue weighted by atomic mass is 16.4. The summed E-state index contributed by atoms with van der Waals surface area (Å²) < 4.78 is 0. The van der Waals surface area contributed by atoms with Crippen LogP contribution in [0.4, 0.5) is 0 Å². The molecule has 2 rings (SSSR count). The van der Waals surface area contributed by atoms with E-state index in [1.54, 1.807) is 30.3 Å². The van der Waals surface area contributed by atoms with Crippen LogP contribution in [0, 0.1) is 0 Å². The number of phenolic OH excluding ortho intramolecular Hbond substituents is 1. The van der Waals surface area contributed by atoms with Crippen LogP contribution in [0.25, 0.3) is 6.08 Å². The van der Waals surface area contributed by atoms with Gasteiger partial charge >= 0.3 is 0 Å². The topological polar surface area (TPSA) is 52.8 Å². The Morgan fingerprint density at radius 2 is 1.61 bits per heavy atom. The normalized spacial score (nSPS) is 11.9. The van der Waals surface area contributed by atoms with Gasteiger partial charge in [-0.2, -0.15) is 0 Å². The number of rotatable bonds is 3. The Bertz CT molecular complexity index is 574. The second-order valence-electron chi connectivity index (χ2n) is 3.75. The van der Waals surface area contributed by atoms with Crippen LogP contribution in [-0.2, 0) is 0 Å². The van der Waals surface area contributed by atoms with Gasteiger partial charge in [0.05, 0.1) is 0 Å². The van der Waals surface area contributed by atoms with E-state index in [2.05, 4.69) is 5.16 Å². The molecule has 2 aromatic rings. The summed E-state index contributed by atoms with van der Waals surface area (Å²) in [5.74, 6) is 0.0861. The Balaban J connectivity index is 2.27. The number of allylic oxidation sites excluding steroid dienone is 1. The van der Waals surface area contributed by atoms with Gasteiger partial charge in [-0.1, -0.05) is 53.7 Å². The van der Waals surface area contributed by atoms with Gasteiger partial charge < -0.3 is 10.3 Å². The molecule has 0 aromatic heterocycles. The number of nitrogens with zero attached hydrogens (tertiary/aromatic N) is 1. The molecule has 18 heavy (non-hydrogen) atoms. The minimum atomic E-state index is 0.0861. The van der Waals surface area contributed by atoms with Gasteiger partial charge in [-0.3, -0.25) is 0 Å². The summed E-state index contributed by atoms with van der Waals surface area (Å²) in [4.78, 5) is 0. The summed E-state index contributed by atoms with van der Waals surface area (Å²) in [5, 5.41) is 21.9. The molecule has 2 aromatic carbocycles. The van der Waals surface area contributed by atoms with Crippen molar-refractivity contribution in [3.8, 4) is 5.75 Å². The van der Waals surface area contributed by atoms with Gasteiger partial charge in [0.25, 0.3) is 0 Å². The molecule has 0 fully saturated rings. The van der Waals surface area contributed by atoms with Crippen LogP contribution in [0.15, 0.2) is 65.8 Å². The minimum Gasteiger partial charge on any atom is -0.507 e. The third-order valence-electron chi connectivity index (χ3n) is 2.52. The number of aromatic hydroxyl groups is 1. The average molecular weight is 239 g/mol. The second-order valence-corrected chi connectivity index (χ2v) is 3.75. The van der Waals surface area contributed by atoms with Gasteiger partial charge in [-0.25, -0.2) is 0 Å². The fourth-order valence-corrected chi connectivity index (χ4v) is 1.61. The molecule has 3 nitrogen and oxygen atoms in total. The highest BCUT2D eigenvalue weighted by Gasteiger charge is 2.05. The van der Waals surface area contributed by atoms with Crippen LogP contribution in [0.1, 0.15) is 11.1 Å². The number of hydrogen-bond donors (Lipinski definition) is 2. The Labute approximate surface area is 105 Å². The van der Waals surface area contributed by atoms with E-state index in [4.69, 9.17) is 5.21 Å². The third-order valence-corrected chi connectivity index (χ3v) is 2.52. The zero-order valence-electron chi connectivity index (χ0n) is 9.69. The molecule has 2 N–H and O–H groups in total. The van der Waals surface area contributed by atoms with E-state index >= 15 is 0 Å². The first-order chi connectivity index (χ1) is 8.81. The van der Waals surface area contributed by atoms with E-state index in [-0.39, 0.29) is 5.75 Å². The quantitative estimate of drug-likeness (QED) is 0.490. The maximum absolute atomic E-state index is 9.68. The molecule has 0 atom stereocenters. The van der Waals surface area contributed by atoms with Crippen molar-refractivity contribution in [1.29, 1.82) is 0 Å². The Hall–Kier alpha value is -2.55. The lowest BCUT2D eigenvalue weighted by Gasteiger charge is -2.02. The predicted octanol–water partition coefficient (Wildman–Crippen LogP) is 3.28. The van der Waals surface area contributed by atoms with Crippen molar-refractivity contribution >= 4 is 11.8 Å². The largest absolute Gasteiger partial charge is 0.507 e. The molecule has 0 amide bonds. The third kappa shape index (κ3) is 2.77. The number of phenols is 1. The van der Waals surface area contributed by atoms with Crippen LogP contribution >= 0.6 is 0 Å². The van der Waals surface area contributed by atoms with Crippen molar-refractivity contribution in [3.63, 3.8) is 0 Å². The van der Waals surface area contributed by atoms with Crippen LogP contribution in [-0.4, -0.2) is 16.0 Å². The van der Waals surface area contributed by atoms with Crippen molar-refractivity contribution in [1.82, 2.24) is 0 Å². The lowest BCUT2D eigenvalue weighted by molar-refractivity contribution is 0.319. The predicted molar refractivity (Wildman–Crippen MR) is 71.9 cm³/mol. The molecule has 0 aliphatic carbocycles. The molecule has 90 valence electrons. The van der Waals surface area contributed by atoms with Crippen molar-refractivity contribution in [2.24, 2.45) is 5.16 Å². The van der Waals surface area contributed by atoms with E-state index in [1.165, 1.54) is 0 Å². The number of benzene rings is 2. The second kappa shape index (κ2) is 5.68. The van der Waals surface area contributed by atoms with Crippen LogP contribution in [0.2, 0.25) is 0 Å². The van der Waals surface area contributed by atoms with Crippen molar-refractivity contribution < 1.29 is 10.3 Å². The molecule has 0 unspecified atom stereocenters. The molecule has 0 heterocycles. The molecule has 0 spiro atoms. The molecular weight excluding hydrogens is 226 g/mol. The molecule has 0 radical (unpaired) electrons. The van der Waals surface area contributed by atoms with Gasteiger partial charge in [-0.15, -0.1) is 0 Å². The SMILES string of the molecule is ON=C(C=Cc1ccccc1)c1ccccc1O. The zero-order chi connectivity index (χ0) is 12.8. The standard InChI is InChI=1S/C15H13NO2/c17-15-9-5-4-8-13(15)14(16-18)11-10-12-6-2-1-3-7-12/h1-11,17-18H. The highest BCUT2D eigenvalue weighted by molar-refractivity contribution is 6.12. The minimum absolute atomic E-state index is 0.0861. The van der Waals surface area contributed by atoms with Gasteiger partial charge in [0.2, 0.25) is 0 Å². The summed E-state index contributed by atoms with van der Waals surface area (Å²) in [6.07, 6.45) is 3.48. The Morgan fingerprint density at radius 1 is 0.944 bits per heavy atom. The van der Waals surface area contributed by atoms with Crippen LogP contribution < -0.4 is 0 Å². The van der Waals surface area contributed by atoms with Crippen LogP contribution in [0.3, 0.4) is 0 Å². The van der Waals surface area contributed by atoms with E-state index in [9.17, 15) is 5.11 Å². The molecule has 0 aliphatic heterocycles. The summed E-state index contributed by atoms with van der Waals surface area (Å²) in [7, 11) is 0. The van der Waals surface area contributed by atoms with Crippen LogP contribution in [0.5, 0.6) is 5.75 Å².